The predicted molar refractivity (Wildman–Crippen MR) is 74.0 cm³/mol. The van der Waals surface area contributed by atoms with Gasteiger partial charge >= 0.3 is 0 Å². The summed E-state index contributed by atoms with van der Waals surface area (Å²) in [7, 11) is 1.76. The SMILES string of the molecule is CCN(C)C(=O)Cn1c(-c2ccccn2)n[nH]c1=S. The third-order valence-corrected chi connectivity index (χ3v) is 3.16. The molecule has 7 heteroatoms. The topological polar surface area (TPSA) is 66.8 Å². The second-order valence-corrected chi connectivity index (χ2v) is 4.45. The number of carbonyl (C=O) groups excluding carboxylic acids is 1. The van der Waals surface area contributed by atoms with Crippen LogP contribution in [0.15, 0.2) is 24.4 Å². The normalized spacial score (nSPS) is 10.4. The minimum absolute atomic E-state index is 0.0165. The highest BCUT2D eigenvalue weighted by molar-refractivity contribution is 7.71. The van der Waals surface area contributed by atoms with Crippen LogP contribution in [-0.2, 0) is 11.3 Å². The Morgan fingerprint density at radius 3 is 2.95 bits per heavy atom. The van der Waals surface area contributed by atoms with Crippen molar-refractivity contribution in [1.82, 2.24) is 24.6 Å². The standard InChI is InChI=1S/C12H15N5OS/c1-3-16(2)10(18)8-17-11(14-15-12(17)19)9-6-4-5-7-13-9/h4-7H,3,8H2,1-2H3,(H,15,19). The first kappa shape index (κ1) is 13.4. The Morgan fingerprint density at radius 2 is 2.32 bits per heavy atom. The van der Waals surface area contributed by atoms with Gasteiger partial charge in [0.05, 0.1) is 0 Å². The van der Waals surface area contributed by atoms with Crippen molar-refractivity contribution in [1.29, 1.82) is 0 Å². The maximum absolute atomic E-state index is 12.0. The molecule has 0 atom stereocenters. The highest BCUT2D eigenvalue weighted by Crippen LogP contribution is 2.13. The van der Waals surface area contributed by atoms with Gasteiger partial charge < -0.3 is 4.90 Å². The van der Waals surface area contributed by atoms with Gasteiger partial charge in [0, 0.05) is 19.8 Å². The summed E-state index contributed by atoms with van der Waals surface area (Å²) in [5, 5.41) is 6.84. The molecule has 0 unspecified atom stereocenters. The molecule has 19 heavy (non-hydrogen) atoms. The molecule has 0 spiro atoms. The molecule has 1 amide bonds. The summed E-state index contributed by atoms with van der Waals surface area (Å²) in [6, 6.07) is 5.52. The zero-order valence-electron chi connectivity index (χ0n) is 10.8. The molecule has 0 bridgehead atoms. The van der Waals surface area contributed by atoms with Crippen LogP contribution in [-0.4, -0.2) is 44.1 Å². The molecule has 1 N–H and O–H groups in total. The summed E-state index contributed by atoms with van der Waals surface area (Å²) in [6.07, 6.45) is 1.68. The third-order valence-electron chi connectivity index (χ3n) is 2.85. The Bertz CT molecular complexity index is 619. The van der Waals surface area contributed by atoms with Crippen LogP contribution in [0.1, 0.15) is 6.92 Å². The van der Waals surface area contributed by atoms with Crippen molar-refractivity contribution in [3.63, 3.8) is 0 Å². The van der Waals surface area contributed by atoms with E-state index in [1.54, 1.807) is 22.7 Å². The van der Waals surface area contributed by atoms with Gasteiger partial charge in [0.15, 0.2) is 10.6 Å². The molecule has 2 heterocycles. The molecular weight excluding hydrogens is 262 g/mol. The Morgan fingerprint density at radius 1 is 1.53 bits per heavy atom. The van der Waals surface area contributed by atoms with E-state index in [-0.39, 0.29) is 12.5 Å². The van der Waals surface area contributed by atoms with Crippen molar-refractivity contribution in [2.75, 3.05) is 13.6 Å². The molecule has 0 aliphatic rings. The van der Waals surface area contributed by atoms with Gasteiger partial charge in [-0.2, -0.15) is 5.10 Å². The summed E-state index contributed by atoms with van der Waals surface area (Å²) >= 11 is 5.16. The molecule has 0 saturated carbocycles. The van der Waals surface area contributed by atoms with Gasteiger partial charge in [-0.15, -0.1) is 0 Å². The average Bonchev–Trinajstić information content (AvgIpc) is 2.80. The fourth-order valence-electron chi connectivity index (χ4n) is 1.59. The van der Waals surface area contributed by atoms with Gasteiger partial charge in [-0.3, -0.25) is 19.4 Å². The monoisotopic (exact) mass is 277 g/mol. The Balaban J connectivity index is 2.34. The number of likely N-dealkylation sites (N-methyl/N-ethyl adjacent to an activating group) is 1. The second-order valence-electron chi connectivity index (χ2n) is 4.06. The molecule has 2 rings (SSSR count). The van der Waals surface area contributed by atoms with E-state index in [2.05, 4.69) is 15.2 Å². The summed E-state index contributed by atoms with van der Waals surface area (Å²) in [5.74, 6) is 0.556. The number of H-pyrrole nitrogens is 1. The van der Waals surface area contributed by atoms with Crippen molar-refractivity contribution < 1.29 is 4.79 Å². The summed E-state index contributed by atoms with van der Waals surface area (Å²) in [6.45, 7) is 2.74. The van der Waals surface area contributed by atoms with Gasteiger partial charge in [0.2, 0.25) is 5.91 Å². The van der Waals surface area contributed by atoms with Crippen LogP contribution in [0.3, 0.4) is 0 Å². The van der Waals surface area contributed by atoms with Gasteiger partial charge in [-0.05, 0) is 31.3 Å². The number of hydrogen-bond donors (Lipinski definition) is 1. The molecule has 0 aromatic carbocycles. The number of carbonyl (C=O) groups is 1. The summed E-state index contributed by atoms with van der Waals surface area (Å²) < 4.78 is 2.07. The lowest BCUT2D eigenvalue weighted by molar-refractivity contribution is -0.130. The largest absolute Gasteiger partial charge is 0.344 e. The maximum Gasteiger partial charge on any atom is 0.242 e. The number of nitrogens with zero attached hydrogens (tertiary/aromatic N) is 4. The molecule has 2 aromatic heterocycles. The predicted octanol–water partition coefficient (Wildman–Crippen LogP) is 1.48. The average molecular weight is 277 g/mol. The highest BCUT2D eigenvalue weighted by Gasteiger charge is 2.14. The van der Waals surface area contributed by atoms with Gasteiger partial charge in [-0.1, -0.05) is 6.07 Å². The molecule has 0 fully saturated rings. The van der Waals surface area contributed by atoms with E-state index < -0.39 is 0 Å². The van der Waals surface area contributed by atoms with E-state index in [0.29, 0.717) is 22.8 Å². The van der Waals surface area contributed by atoms with Crippen LogP contribution in [0.5, 0.6) is 0 Å². The smallest absolute Gasteiger partial charge is 0.242 e. The minimum Gasteiger partial charge on any atom is -0.344 e. The van der Waals surface area contributed by atoms with E-state index in [4.69, 9.17) is 12.2 Å². The lowest BCUT2D eigenvalue weighted by Gasteiger charge is -2.15. The third kappa shape index (κ3) is 2.87. The first-order valence-electron chi connectivity index (χ1n) is 5.94. The number of hydrogen-bond acceptors (Lipinski definition) is 4. The molecule has 100 valence electrons. The Labute approximate surface area is 116 Å². The Kier molecular flexibility index (Phi) is 4.06. The van der Waals surface area contributed by atoms with Crippen LogP contribution < -0.4 is 0 Å². The zero-order chi connectivity index (χ0) is 13.8. The summed E-state index contributed by atoms with van der Waals surface area (Å²) in [4.78, 5) is 17.8. The van der Waals surface area contributed by atoms with Crippen molar-refractivity contribution in [2.45, 2.75) is 13.5 Å². The van der Waals surface area contributed by atoms with Crippen LogP contribution in [0.25, 0.3) is 11.5 Å². The molecule has 0 radical (unpaired) electrons. The van der Waals surface area contributed by atoms with Crippen molar-refractivity contribution in [3.05, 3.63) is 29.2 Å². The van der Waals surface area contributed by atoms with Crippen molar-refractivity contribution >= 4 is 18.1 Å². The number of rotatable bonds is 4. The van der Waals surface area contributed by atoms with Crippen molar-refractivity contribution in [3.8, 4) is 11.5 Å². The van der Waals surface area contributed by atoms with E-state index >= 15 is 0 Å². The molecule has 6 nitrogen and oxygen atoms in total. The molecule has 2 aromatic rings. The van der Waals surface area contributed by atoms with Crippen molar-refractivity contribution in [2.24, 2.45) is 0 Å². The number of aromatic nitrogens is 4. The molecule has 0 saturated heterocycles. The second kappa shape index (κ2) is 5.75. The quantitative estimate of drug-likeness (QED) is 0.860. The molecular formula is C12H15N5OS. The van der Waals surface area contributed by atoms with E-state index in [0.717, 1.165) is 0 Å². The molecule has 0 aliphatic carbocycles. The number of pyridine rings is 1. The van der Waals surface area contributed by atoms with Crippen LogP contribution in [0.4, 0.5) is 0 Å². The maximum atomic E-state index is 12.0. The lowest BCUT2D eigenvalue weighted by atomic mass is 10.3. The fourth-order valence-corrected chi connectivity index (χ4v) is 1.78. The Hall–Kier alpha value is -2.02. The highest BCUT2D eigenvalue weighted by atomic mass is 32.1. The minimum atomic E-state index is -0.0165. The van der Waals surface area contributed by atoms with E-state index in [1.807, 2.05) is 25.1 Å². The number of nitrogens with one attached hydrogen (secondary N) is 1. The zero-order valence-corrected chi connectivity index (χ0v) is 11.6. The van der Waals surface area contributed by atoms with Gasteiger partial charge in [0.1, 0.15) is 12.2 Å². The van der Waals surface area contributed by atoms with Crippen LogP contribution in [0, 0.1) is 4.77 Å². The first-order chi connectivity index (χ1) is 9.13. The van der Waals surface area contributed by atoms with Gasteiger partial charge in [-0.25, -0.2) is 0 Å². The van der Waals surface area contributed by atoms with Crippen LogP contribution >= 0.6 is 12.2 Å². The van der Waals surface area contributed by atoms with E-state index in [1.165, 1.54) is 0 Å². The first-order valence-corrected chi connectivity index (χ1v) is 6.35. The number of aromatic amines is 1. The summed E-state index contributed by atoms with van der Waals surface area (Å²) in [5.41, 5.74) is 0.682. The van der Waals surface area contributed by atoms with Gasteiger partial charge in [0.25, 0.3) is 0 Å². The van der Waals surface area contributed by atoms with E-state index in [9.17, 15) is 4.79 Å². The fraction of sp³-hybridized carbons (Fsp3) is 0.333. The molecule has 0 aliphatic heterocycles. The number of amides is 1. The lowest BCUT2D eigenvalue weighted by Crippen LogP contribution is -2.30. The van der Waals surface area contributed by atoms with Crippen LogP contribution in [0.2, 0.25) is 0 Å².